The minimum atomic E-state index is -0.660. The maximum absolute atomic E-state index is 12.3. The van der Waals surface area contributed by atoms with Crippen LogP contribution in [0.25, 0.3) is 11.1 Å². The van der Waals surface area contributed by atoms with Crippen molar-refractivity contribution in [2.45, 2.75) is 0 Å². The van der Waals surface area contributed by atoms with Crippen LogP contribution in [0.15, 0.2) is 60.7 Å². The first kappa shape index (κ1) is 13.3. The van der Waals surface area contributed by atoms with Gasteiger partial charge in [0.05, 0.1) is 11.1 Å². The van der Waals surface area contributed by atoms with Gasteiger partial charge in [0.25, 0.3) is 0 Å². The highest BCUT2D eigenvalue weighted by molar-refractivity contribution is 6.70. The fraction of sp³-hybridized carbons (Fsp3) is 0. The first-order chi connectivity index (χ1) is 9.77. The number of carbonyl (C=O) groups is 1. The van der Waals surface area contributed by atoms with Crippen LogP contribution in [-0.2, 0) is 4.79 Å². The van der Waals surface area contributed by atoms with E-state index in [9.17, 15) is 4.79 Å². The summed E-state index contributed by atoms with van der Waals surface area (Å²) in [4.78, 5) is 18.4. The molecular formula is C15H10N4O. The van der Waals surface area contributed by atoms with Crippen LogP contribution in [0.2, 0.25) is 0 Å². The van der Waals surface area contributed by atoms with E-state index in [4.69, 9.17) is 11.1 Å². The van der Waals surface area contributed by atoms with Crippen LogP contribution in [0.4, 0.5) is 0 Å². The Balaban J connectivity index is 2.45. The molecule has 0 spiro atoms. The summed E-state index contributed by atoms with van der Waals surface area (Å²) in [5.74, 6) is -0.660. The summed E-state index contributed by atoms with van der Waals surface area (Å²) < 4.78 is 0. The van der Waals surface area contributed by atoms with E-state index < -0.39 is 5.78 Å². The molecule has 0 heterocycles. The van der Waals surface area contributed by atoms with E-state index in [2.05, 4.69) is 9.58 Å². The standard InChI is InChI=1S/C15H10N4O/c16-18-13(11-7-3-1-4-8-11)15(20)14(19-17)12-9-5-2-6-10-12/h1-10H. The molecule has 0 saturated carbocycles. The number of Topliss-reactive ketones (excluding diaryl/α,β-unsaturated/α-hetero) is 1. The summed E-state index contributed by atoms with van der Waals surface area (Å²) >= 11 is 0. The van der Waals surface area contributed by atoms with E-state index >= 15 is 0 Å². The summed E-state index contributed by atoms with van der Waals surface area (Å²) in [6.07, 6.45) is 0. The molecule has 0 bridgehead atoms. The van der Waals surface area contributed by atoms with Crippen molar-refractivity contribution in [2.24, 2.45) is 0 Å². The summed E-state index contributed by atoms with van der Waals surface area (Å²) in [6, 6.07) is 16.9. The molecule has 0 aliphatic rings. The second-order valence-corrected chi connectivity index (χ2v) is 3.96. The van der Waals surface area contributed by atoms with Gasteiger partial charge < -0.3 is 11.1 Å². The molecule has 0 N–H and O–H groups in total. The Kier molecular flexibility index (Phi) is 4.10. The number of rotatable bonds is 4. The van der Waals surface area contributed by atoms with E-state index in [1.165, 1.54) is 0 Å². The number of carbonyl (C=O) groups excluding carboxylic acids is 1. The van der Waals surface area contributed by atoms with Crippen molar-refractivity contribution in [1.82, 2.24) is 0 Å². The third-order valence-electron chi connectivity index (χ3n) is 2.72. The second-order valence-electron chi connectivity index (χ2n) is 3.96. The molecule has 5 nitrogen and oxygen atoms in total. The Morgan fingerprint density at radius 2 is 1.05 bits per heavy atom. The molecule has 0 radical (unpaired) electrons. The van der Waals surface area contributed by atoms with Crippen LogP contribution in [0.5, 0.6) is 0 Å². The molecule has 96 valence electrons. The number of ketones is 1. The molecule has 20 heavy (non-hydrogen) atoms. The van der Waals surface area contributed by atoms with Crippen LogP contribution < -0.4 is 0 Å². The zero-order valence-corrected chi connectivity index (χ0v) is 10.5. The first-order valence-corrected chi connectivity index (χ1v) is 5.87. The predicted molar refractivity (Wildman–Crippen MR) is 73.3 cm³/mol. The molecule has 0 amide bonds. The molecule has 0 atom stereocenters. The summed E-state index contributed by atoms with van der Waals surface area (Å²) in [7, 11) is 0. The van der Waals surface area contributed by atoms with Gasteiger partial charge in [0.2, 0.25) is 0 Å². The largest absolute Gasteiger partial charge is 0.377 e. The van der Waals surface area contributed by atoms with Gasteiger partial charge >= 0.3 is 17.2 Å². The van der Waals surface area contributed by atoms with Crippen molar-refractivity contribution in [1.29, 1.82) is 0 Å². The maximum atomic E-state index is 12.3. The number of hydrogen-bond donors (Lipinski definition) is 0. The van der Waals surface area contributed by atoms with Crippen molar-refractivity contribution in [3.05, 3.63) is 82.9 Å². The SMILES string of the molecule is [N-]=[N+]=C(C(=O)C(=[N+]=[N-])c1ccccc1)c1ccccc1. The Bertz CT molecular complexity index is 661. The predicted octanol–water partition coefficient (Wildman–Crippen LogP) is 1.99. The van der Waals surface area contributed by atoms with Gasteiger partial charge in [0.1, 0.15) is 0 Å². The van der Waals surface area contributed by atoms with Gasteiger partial charge in [-0.2, -0.15) is 9.58 Å². The summed E-state index contributed by atoms with van der Waals surface area (Å²) in [6.45, 7) is 0. The van der Waals surface area contributed by atoms with Crippen LogP contribution in [0.3, 0.4) is 0 Å². The molecule has 0 saturated heterocycles. The van der Waals surface area contributed by atoms with Crippen LogP contribution in [-0.4, -0.2) is 26.8 Å². The third-order valence-corrected chi connectivity index (χ3v) is 2.72. The fourth-order valence-corrected chi connectivity index (χ4v) is 1.77. The van der Waals surface area contributed by atoms with Gasteiger partial charge in [0, 0.05) is 0 Å². The van der Waals surface area contributed by atoms with Crippen LogP contribution in [0.1, 0.15) is 11.1 Å². The molecule has 0 aliphatic carbocycles. The average Bonchev–Trinajstić information content (AvgIpc) is 2.51. The lowest BCUT2D eigenvalue weighted by Crippen LogP contribution is -2.27. The van der Waals surface area contributed by atoms with Crippen LogP contribution >= 0.6 is 0 Å². The molecule has 2 rings (SSSR count). The van der Waals surface area contributed by atoms with Crippen LogP contribution in [0, 0.1) is 0 Å². The van der Waals surface area contributed by atoms with Crippen molar-refractivity contribution < 1.29 is 14.4 Å². The molecule has 2 aromatic rings. The van der Waals surface area contributed by atoms with E-state index in [-0.39, 0.29) is 11.4 Å². The Morgan fingerprint density at radius 3 is 1.35 bits per heavy atom. The topological polar surface area (TPSA) is 89.9 Å². The molecule has 5 heteroatoms. The zero-order chi connectivity index (χ0) is 14.4. The molecule has 0 aliphatic heterocycles. The van der Waals surface area contributed by atoms with Crippen molar-refractivity contribution in [2.75, 3.05) is 0 Å². The number of benzene rings is 2. The highest BCUT2D eigenvalue weighted by atomic mass is 16.1. The normalized spacial score (nSPS) is 9.20. The molecule has 2 aromatic carbocycles. The average molecular weight is 262 g/mol. The highest BCUT2D eigenvalue weighted by Gasteiger charge is 2.34. The van der Waals surface area contributed by atoms with E-state index in [1.54, 1.807) is 60.7 Å². The van der Waals surface area contributed by atoms with E-state index in [0.29, 0.717) is 11.1 Å². The van der Waals surface area contributed by atoms with Gasteiger partial charge in [-0.3, -0.25) is 4.79 Å². The lowest BCUT2D eigenvalue weighted by atomic mass is 9.99. The van der Waals surface area contributed by atoms with Crippen molar-refractivity contribution >= 4 is 17.2 Å². The third kappa shape index (κ3) is 2.65. The minimum Gasteiger partial charge on any atom is -0.361 e. The Morgan fingerprint density at radius 1 is 0.700 bits per heavy atom. The molecule has 0 unspecified atom stereocenters. The zero-order valence-electron chi connectivity index (χ0n) is 10.5. The molecular weight excluding hydrogens is 252 g/mol. The van der Waals surface area contributed by atoms with Gasteiger partial charge in [-0.25, -0.2) is 0 Å². The lowest BCUT2D eigenvalue weighted by Gasteiger charge is -1.95. The van der Waals surface area contributed by atoms with Gasteiger partial charge in [-0.05, 0) is 24.3 Å². The van der Waals surface area contributed by atoms with Gasteiger partial charge in [-0.1, -0.05) is 36.4 Å². The fourth-order valence-electron chi connectivity index (χ4n) is 1.77. The summed E-state index contributed by atoms with van der Waals surface area (Å²) in [5.41, 5.74) is 18.7. The van der Waals surface area contributed by atoms with E-state index in [1.807, 2.05) is 0 Å². The maximum Gasteiger partial charge on any atom is 0.377 e. The Labute approximate surface area is 115 Å². The van der Waals surface area contributed by atoms with Gasteiger partial charge in [-0.15, -0.1) is 0 Å². The number of nitrogens with zero attached hydrogens (tertiary/aromatic N) is 4. The van der Waals surface area contributed by atoms with Crippen molar-refractivity contribution in [3.63, 3.8) is 0 Å². The molecule has 0 aromatic heterocycles. The molecule has 0 fully saturated rings. The smallest absolute Gasteiger partial charge is 0.361 e. The minimum absolute atomic E-state index is 0.178. The monoisotopic (exact) mass is 262 g/mol. The van der Waals surface area contributed by atoms with Crippen molar-refractivity contribution in [3.8, 4) is 0 Å². The highest BCUT2D eigenvalue weighted by Crippen LogP contribution is 2.05. The quantitative estimate of drug-likeness (QED) is 0.470. The Hall–Kier alpha value is -3.13. The number of hydrogen-bond acceptors (Lipinski definition) is 1. The second kappa shape index (κ2) is 6.16. The summed E-state index contributed by atoms with van der Waals surface area (Å²) in [5, 5.41) is 0. The lowest BCUT2D eigenvalue weighted by molar-refractivity contribution is -0.115. The first-order valence-electron chi connectivity index (χ1n) is 5.87. The van der Waals surface area contributed by atoms with E-state index in [0.717, 1.165) is 0 Å². The van der Waals surface area contributed by atoms with Gasteiger partial charge in [0.15, 0.2) is 0 Å².